The Labute approximate surface area is 211 Å². The second-order valence-corrected chi connectivity index (χ2v) is 9.00. The van der Waals surface area contributed by atoms with Gasteiger partial charge < -0.3 is 19.3 Å². The topological polar surface area (TPSA) is 68.2 Å². The second kappa shape index (κ2) is 11.5. The van der Waals surface area contributed by atoms with Crippen LogP contribution in [-0.4, -0.2) is 42.8 Å². The number of likely N-dealkylation sites (tertiary alicyclic amines) is 1. The summed E-state index contributed by atoms with van der Waals surface area (Å²) >= 11 is 6.39. The van der Waals surface area contributed by atoms with Crippen LogP contribution >= 0.6 is 11.6 Å². The number of carboxylic acids is 1. The van der Waals surface area contributed by atoms with Crippen molar-refractivity contribution in [3.8, 4) is 17.2 Å². The van der Waals surface area contributed by atoms with Crippen LogP contribution in [0.1, 0.15) is 42.0 Å². The average Bonchev–Trinajstić information content (AvgIpc) is 2.89. The number of carboxylic acid groups (broad SMARTS) is 1. The minimum absolute atomic E-state index is 0.387. The van der Waals surface area contributed by atoms with Crippen LogP contribution in [0, 0.1) is 0 Å². The molecule has 0 radical (unpaired) electrons. The van der Waals surface area contributed by atoms with Gasteiger partial charge in [0.15, 0.2) is 11.5 Å². The lowest BCUT2D eigenvalue weighted by molar-refractivity contribution is -0.145. The number of nitrogens with zero attached hydrogens (tertiary/aromatic N) is 1. The zero-order valence-electron chi connectivity index (χ0n) is 19.9. The Balaban J connectivity index is 1.75. The minimum atomic E-state index is -0.828. The highest BCUT2D eigenvalue weighted by Crippen LogP contribution is 2.42. The van der Waals surface area contributed by atoms with E-state index in [2.05, 4.69) is 0 Å². The van der Waals surface area contributed by atoms with Crippen LogP contribution < -0.4 is 14.2 Å². The Morgan fingerprint density at radius 1 is 1.00 bits per heavy atom. The van der Waals surface area contributed by atoms with Crippen LogP contribution in [0.25, 0.3) is 0 Å². The molecule has 1 aliphatic rings. The average molecular weight is 496 g/mol. The minimum Gasteiger partial charge on any atom is -0.496 e. The normalized spacial score (nSPS) is 16.9. The predicted octanol–water partition coefficient (Wildman–Crippen LogP) is 5.96. The number of methoxy groups -OCH3 is 2. The van der Waals surface area contributed by atoms with Gasteiger partial charge in [-0.3, -0.25) is 9.69 Å². The maximum absolute atomic E-state index is 12.2. The Hall–Kier alpha value is -3.22. The van der Waals surface area contributed by atoms with Crippen LogP contribution in [0.5, 0.6) is 17.2 Å². The number of hydrogen-bond acceptors (Lipinski definition) is 5. The van der Waals surface area contributed by atoms with Crippen molar-refractivity contribution in [2.75, 3.05) is 20.8 Å². The van der Waals surface area contributed by atoms with Gasteiger partial charge in [-0.2, -0.15) is 0 Å². The van der Waals surface area contributed by atoms with Gasteiger partial charge in [0.2, 0.25) is 0 Å². The molecule has 1 saturated heterocycles. The summed E-state index contributed by atoms with van der Waals surface area (Å²) in [6, 6.07) is 20.1. The van der Waals surface area contributed by atoms with Crippen molar-refractivity contribution < 1.29 is 24.1 Å². The number of piperidine rings is 1. The highest BCUT2D eigenvalue weighted by Gasteiger charge is 2.36. The van der Waals surface area contributed by atoms with Crippen molar-refractivity contribution >= 4 is 17.6 Å². The van der Waals surface area contributed by atoms with Crippen LogP contribution in [-0.2, 0) is 11.4 Å². The number of carbonyl (C=O) groups is 1. The molecular formula is C28H30ClNO5. The van der Waals surface area contributed by atoms with E-state index in [0.29, 0.717) is 41.8 Å². The van der Waals surface area contributed by atoms with E-state index in [1.807, 2.05) is 65.6 Å². The number of benzene rings is 3. The van der Waals surface area contributed by atoms with Gasteiger partial charge >= 0.3 is 5.97 Å². The maximum atomic E-state index is 12.2. The Bertz CT molecular complexity index is 1150. The van der Waals surface area contributed by atoms with E-state index in [1.165, 1.54) is 0 Å². The fourth-order valence-corrected chi connectivity index (χ4v) is 4.89. The van der Waals surface area contributed by atoms with E-state index < -0.39 is 12.0 Å². The molecule has 1 N–H and O–H groups in total. The maximum Gasteiger partial charge on any atom is 0.320 e. The van der Waals surface area contributed by atoms with Gasteiger partial charge in [-0.15, -0.1) is 0 Å². The number of aliphatic carboxylic acids is 1. The molecule has 7 heteroatoms. The van der Waals surface area contributed by atoms with Crippen molar-refractivity contribution in [3.05, 3.63) is 88.4 Å². The van der Waals surface area contributed by atoms with E-state index in [4.69, 9.17) is 25.8 Å². The van der Waals surface area contributed by atoms with Gasteiger partial charge in [0.25, 0.3) is 0 Å². The number of hydrogen-bond donors (Lipinski definition) is 1. The summed E-state index contributed by atoms with van der Waals surface area (Å²) in [5, 5.41) is 10.6. The summed E-state index contributed by atoms with van der Waals surface area (Å²) in [6.07, 6.45) is 2.38. The van der Waals surface area contributed by atoms with Crippen LogP contribution in [0.2, 0.25) is 5.02 Å². The van der Waals surface area contributed by atoms with Crippen molar-refractivity contribution in [1.82, 2.24) is 4.90 Å². The number of halogens is 1. The van der Waals surface area contributed by atoms with E-state index in [9.17, 15) is 9.90 Å². The third-order valence-electron chi connectivity index (χ3n) is 6.39. The molecule has 6 nitrogen and oxygen atoms in total. The molecule has 1 fully saturated rings. The molecule has 0 saturated carbocycles. The van der Waals surface area contributed by atoms with Gasteiger partial charge in [0.1, 0.15) is 18.4 Å². The molecule has 2 atom stereocenters. The first-order valence-electron chi connectivity index (χ1n) is 11.7. The summed E-state index contributed by atoms with van der Waals surface area (Å²) in [7, 11) is 3.21. The first kappa shape index (κ1) is 24.9. The fourth-order valence-electron chi connectivity index (χ4n) is 4.71. The van der Waals surface area contributed by atoms with Gasteiger partial charge in [-0.1, -0.05) is 54.4 Å². The lowest BCUT2D eigenvalue weighted by Gasteiger charge is -2.40. The van der Waals surface area contributed by atoms with Crippen molar-refractivity contribution in [1.29, 1.82) is 0 Å². The molecule has 1 heterocycles. The van der Waals surface area contributed by atoms with E-state index >= 15 is 0 Å². The monoisotopic (exact) mass is 495 g/mol. The van der Waals surface area contributed by atoms with Crippen LogP contribution in [0.4, 0.5) is 0 Å². The molecule has 184 valence electrons. The first-order chi connectivity index (χ1) is 17.0. The Morgan fingerprint density at radius 2 is 1.74 bits per heavy atom. The molecule has 35 heavy (non-hydrogen) atoms. The van der Waals surface area contributed by atoms with E-state index in [-0.39, 0.29) is 6.04 Å². The Kier molecular flexibility index (Phi) is 8.16. The summed E-state index contributed by atoms with van der Waals surface area (Å²) in [5.74, 6) is 1.02. The molecule has 1 aliphatic heterocycles. The van der Waals surface area contributed by atoms with Crippen LogP contribution in [0.15, 0.2) is 66.7 Å². The fraction of sp³-hybridized carbons (Fsp3) is 0.321. The molecule has 0 spiro atoms. The SMILES string of the molecule is COc1cc(C(c2cc(Cl)ccc2OC)N2CCCCC2C(=O)O)ccc1OCc1ccccc1. The quantitative estimate of drug-likeness (QED) is 0.394. The molecular weight excluding hydrogens is 466 g/mol. The standard InChI is InChI=1S/C28H30ClNO5/c1-33-24-14-12-21(29)17-22(24)27(30-15-7-6-10-23(30)28(31)32)20-11-13-25(26(16-20)34-2)35-18-19-8-4-3-5-9-19/h3-5,8-9,11-14,16-17,23,27H,6-7,10,15,18H2,1-2H3,(H,31,32). The molecule has 0 amide bonds. The molecule has 4 rings (SSSR count). The third kappa shape index (κ3) is 5.72. The van der Waals surface area contributed by atoms with Crippen molar-refractivity contribution in [2.45, 2.75) is 38.0 Å². The summed E-state index contributed by atoms with van der Waals surface area (Å²) in [5.41, 5.74) is 2.74. The largest absolute Gasteiger partial charge is 0.496 e. The van der Waals surface area contributed by atoms with Crippen molar-refractivity contribution in [3.63, 3.8) is 0 Å². The van der Waals surface area contributed by atoms with Gasteiger partial charge in [-0.25, -0.2) is 0 Å². The Morgan fingerprint density at radius 3 is 2.46 bits per heavy atom. The van der Waals surface area contributed by atoms with E-state index in [0.717, 1.165) is 29.5 Å². The second-order valence-electron chi connectivity index (χ2n) is 8.56. The summed E-state index contributed by atoms with van der Waals surface area (Å²) in [6.45, 7) is 1.06. The zero-order chi connectivity index (χ0) is 24.8. The lowest BCUT2D eigenvalue weighted by Crippen LogP contribution is -2.46. The predicted molar refractivity (Wildman–Crippen MR) is 136 cm³/mol. The van der Waals surface area contributed by atoms with E-state index in [1.54, 1.807) is 20.3 Å². The van der Waals surface area contributed by atoms with Gasteiger partial charge in [0.05, 0.1) is 20.3 Å². The summed E-state index contributed by atoms with van der Waals surface area (Å²) < 4.78 is 17.4. The highest BCUT2D eigenvalue weighted by molar-refractivity contribution is 6.30. The lowest BCUT2D eigenvalue weighted by atomic mass is 9.91. The summed E-state index contributed by atoms with van der Waals surface area (Å²) in [4.78, 5) is 14.2. The highest BCUT2D eigenvalue weighted by atomic mass is 35.5. The van der Waals surface area contributed by atoms with Crippen LogP contribution in [0.3, 0.4) is 0 Å². The molecule has 3 aromatic carbocycles. The first-order valence-corrected chi connectivity index (χ1v) is 12.1. The third-order valence-corrected chi connectivity index (χ3v) is 6.62. The molecule has 2 unspecified atom stereocenters. The molecule has 0 bridgehead atoms. The van der Waals surface area contributed by atoms with Gasteiger partial charge in [0, 0.05) is 10.6 Å². The van der Waals surface area contributed by atoms with Gasteiger partial charge in [-0.05, 0) is 60.8 Å². The molecule has 0 aliphatic carbocycles. The molecule has 0 aromatic heterocycles. The number of ether oxygens (including phenoxy) is 3. The zero-order valence-corrected chi connectivity index (χ0v) is 20.7. The number of rotatable bonds is 9. The van der Waals surface area contributed by atoms with Crippen molar-refractivity contribution in [2.24, 2.45) is 0 Å². The molecule has 3 aromatic rings. The smallest absolute Gasteiger partial charge is 0.320 e.